The minimum atomic E-state index is -0.563. The molecule has 0 N–H and O–H groups in total. The molecule has 2 aliphatic rings. The normalized spacial score (nSPS) is 26.0. The topological polar surface area (TPSA) is 66.9 Å². The van der Waals surface area contributed by atoms with Crippen LogP contribution in [0.25, 0.3) is 0 Å². The number of carbonyl (C=O) groups excluding carboxylic acids is 3. The molecule has 0 aromatic heterocycles. The molecule has 124 valence electrons. The Morgan fingerprint density at radius 3 is 2.64 bits per heavy atom. The first-order valence-electron chi connectivity index (χ1n) is 7.63. The third-order valence-corrected chi connectivity index (χ3v) is 4.64. The summed E-state index contributed by atoms with van der Waals surface area (Å²) in [5.41, 5.74) is -0.563. The Morgan fingerprint density at radius 1 is 1.36 bits per heavy atom. The fourth-order valence-corrected chi connectivity index (χ4v) is 3.50. The minimum absolute atomic E-state index is 0.0105. The van der Waals surface area contributed by atoms with E-state index in [1.54, 1.807) is 5.01 Å². The van der Waals surface area contributed by atoms with Gasteiger partial charge < -0.3 is 4.74 Å². The molecule has 0 aliphatic carbocycles. The number of nitrogens with zero attached hydrogens (tertiary/aromatic N) is 2. The largest absolute Gasteiger partial charge is 0.458 e. The molecule has 0 radical (unpaired) electrons. The SMILES string of the molecule is CC(=O)SCC1CN2CCCC(C(=O)OC(C)(C)C)N2C1=O. The second kappa shape index (κ2) is 6.58. The van der Waals surface area contributed by atoms with Crippen molar-refractivity contribution in [2.75, 3.05) is 18.8 Å². The van der Waals surface area contributed by atoms with Gasteiger partial charge in [-0.1, -0.05) is 11.8 Å². The summed E-state index contributed by atoms with van der Waals surface area (Å²) in [5, 5.41) is 3.52. The summed E-state index contributed by atoms with van der Waals surface area (Å²) < 4.78 is 5.45. The predicted octanol–water partition coefficient (Wildman–Crippen LogP) is 1.45. The van der Waals surface area contributed by atoms with Gasteiger partial charge in [0.2, 0.25) is 5.91 Å². The first-order chi connectivity index (χ1) is 10.2. The van der Waals surface area contributed by atoms with Gasteiger partial charge >= 0.3 is 5.97 Å². The number of rotatable bonds is 3. The lowest BCUT2D eigenvalue weighted by molar-refractivity contribution is -0.177. The Kier molecular flexibility index (Phi) is 5.17. The smallest absolute Gasteiger partial charge is 0.331 e. The van der Waals surface area contributed by atoms with E-state index in [1.165, 1.54) is 18.7 Å². The van der Waals surface area contributed by atoms with Gasteiger partial charge in [0.25, 0.3) is 0 Å². The van der Waals surface area contributed by atoms with E-state index < -0.39 is 11.6 Å². The molecule has 0 aromatic carbocycles. The zero-order valence-electron chi connectivity index (χ0n) is 13.6. The van der Waals surface area contributed by atoms with Gasteiger partial charge in [-0.25, -0.2) is 9.80 Å². The number of amides is 1. The van der Waals surface area contributed by atoms with Crippen molar-refractivity contribution in [3.8, 4) is 0 Å². The third-order valence-electron chi connectivity index (χ3n) is 3.67. The van der Waals surface area contributed by atoms with Gasteiger partial charge in [-0.3, -0.25) is 14.6 Å². The van der Waals surface area contributed by atoms with Crippen LogP contribution in [0.4, 0.5) is 0 Å². The molecule has 2 saturated heterocycles. The van der Waals surface area contributed by atoms with E-state index in [1.807, 2.05) is 25.8 Å². The molecule has 1 amide bonds. The summed E-state index contributed by atoms with van der Waals surface area (Å²) in [6.45, 7) is 8.32. The molecule has 2 rings (SSSR count). The van der Waals surface area contributed by atoms with Gasteiger partial charge in [0.1, 0.15) is 11.6 Å². The highest BCUT2D eigenvalue weighted by atomic mass is 32.2. The third kappa shape index (κ3) is 4.01. The van der Waals surface area contributed by atoms with Crippen LogP contribution in [-0.2, 0) is 19.1 Å². The summed E-state index contributed by atoms with van der Waals surface area (Å²) >= 11 is 1.17. The molecule has 0 spiro atoms. The Labute approximate surface area is 135 Å². The Balaban J connectivity index is 2.07. The van der Waals surface area contributed by atoms with Crippen LogP contribution in [0.5, 0.6) is 0 Å². The van der Waals surface area contributed by atoms with Gasteiger partial charge in [0.05, 0.1) is 5.92 Å². The molecule has 0 aromatic rings. The highest BCUT2D eigenvalue weighted by Crippen LogP contribution is 2.30. The van der Waals surface area contributed by atoms with Crippen LogP contribution in [-0.4, -0.2) is 57.5 Å². The number of hydrogen-bond acceptors (Lipinski definition) is 6. The van der Waals surface area contributed by atoms with Gasteiger partial charge in [-0.2, -0.15) is 0 Å². The van der Waals surface area contributed by atoms with E-state index in [0.717, 1.165) is 13.0 Å². The van der Waals surface area contributed by atoms with Crippen LogP contribution in [0.3, 0.4) is 0 Å². The standard InChI is InChI=1S/C15H24N2O4S/c1-10(18)22-9-11-8-16-7-5-6-12(17(16)13(11)19)14(20)21-15(2,3)4/h11-12H,5-9H2,1-4H3. The summed E-state index contributed by atoms with van der Waals surface area (Å²) in [6.07, 6.45) is 1.49. The molecule has 22 heavy (non-hydrogen) atoms. The van der Waals surface area contributed by atoms with Crippen LogP contribution < -0.4 is 0 Å². The monoisotopic (exact) mass is 328 g/mol. The minimum Gasteiger partial charge on any atom is -0.458 e. The summed E-state index contributed by atoms with van der Waals surface area (Å²) in [5.74, 6) is -0.158. The predicted molar refractivity (Wildman–Crippen MR) is 83.9 cm³/mol. The maximum absolute atomic E-state index is 12.6. The van der Waals surface area contributed by atoms with Crippen molar-refractivity contribution in [2.24, 2.45) is 5.92 Å². The van der Waals surface area contributed by atoms with Crippen molar-refractivity contribution in [3.63, 3.8) is 0 Å². The highest BCUT2D eigenvalue weighted by molar-refractivity contribution is 8.13. The zero-order chi connectivity index (χ0) is 16.5. The Hall–Kier alpha value is -1.08. The van der Waals surface area contributed by atoms with Crippen molar-refractivity contribution in [2.45, 2.75) is 52.2 Å². The van der Waals surface area contributed by atoms with Crippen molar-refractivity contribution in [1.29, 1.82) is 0 Å². The van der Waals surface area contributed by atoms with Crippen LogP contribution in [0, 0.1) is 5.92 Å². The number of thioether (sulfide) groups is 1. The second-order valence-electron chi connectivity index (χ2n) is 6.79. The van der Waals surface area contributed by atoms with Crippen LogP contribution in [0.15, 0.2) is 0 Å². The van der Waals surface area contributed by atoms with Gasteiger partial charge in [0, 0.05) is 25.8 Å². The Bertz CT molecular complexity index is 475. The van der Waals surface area contributed by atoms with Crippen molar-refractivity contribution in [3.05, 3.63) is 0 Å². The number of carbonyl (C=O) groups is 3. The van der Waals surface area contributed by atoms with E-state index in [2.05, 4.69) is 0 Å². The molecular formula is C15H24N2O4S. The lowest BCUT2D eigenvalue weighted by atomic mass is 10.1. The average Bonchev–Trinajstić information content (AvgIpc) is 2.71. The molecule has 6 nitrogen and oxygen atoms in total. The first kappa shape index (κ1) is 17.3. The maximum atomic E-state index is 12.6. The van der Waals surface area contributed by atoms with E-state index in [9.17, 15) is 14.4 Å². The fraction of sp³-hybridized carbons (Fsp3) is 0.800. The number of hydrogen-bond donors (Lipinski definition) is 0. The highest BCUT2D eigenvalue weighted by Gasteiger charge is 2.47. The van der Waals surface area contributed by atoms with E-state index >= 15 is 0 Å². The quantitative estimate of drug-likeness (QED) is 0.731. The van der Waals surface area contributed by atoms with Crippen LogP contribution >= 0.6 is 11.8 Å². The molecule has 2 atom stereocenters. The number of ether oxygens (including phenoxy) is 1. The summed E-state index contributed by atoms with van der Waals surface area (Å²) in [6, 6.07) is -0.534. The molecule has 2 unspecified atom stereocenters. The van der Waals surface area contributed by atoms with Crippen LogP contribution in [0.2, 0.25) is 0 Å². The van der Waals surface area contributed by atoms with Gasteiger partial charge in [-0.05, 0) is 33.6 Å². The summed E-state index contributed by atoms with van der Waals surface area (Å²) in [7, 11) is 0. The number of fused-ring (bicyclic) bond motifs is 1. The zero-order valence-corrected chi connectivity index (χ0v) is 14.4. The fourth-order valence-electron chi connectivity index (χ4n) is 2.82. The lowest BCUT2D eigenvalue weighted by Crippen LogP contribution is -2.54. The van der Waals surface area contributed by atoms with Crippen molar-refractivity contribution < 1.29 is 19.1 Å². The van der Waals surface area contributed by atoms with Gasteiger partial charge in [0.15, 0.2) is 5.12 Å². The van der Waals surface area contributed by atoms with E-state index in [4.69, 9.17) is 4.74 Å². The first-order valence-corrected chi connectivity index (χ1v) is 8.62. The molecule has 2 heterocycles. The molecule has 7 heteroatoms. The maximum Gasteiger partial charge on any atom is 0.331 e. The molecule has 0 bridgehead atoms. The molecular weight excluding hydrogens is 304 g/mol. The average molecular weight is 328 g/mol. The van der Waals surface area contributed by atoms with Crippen molar-refractivity contribution >= 4 is 28.8 Å². The Morgan fingerprint density at radius 2 is 2.05 bits per heavy atom. The molecule has 0 saturated carbocycles. The second-order valence-corrected chi connectivity index (χ2v) is 7.98. The van der Waals surface area contributed by atoms with E-state index in [0.29, 0.717) is 18.7 Å². The number of esters is 1. The lowest BCUT2D eigenvalue weighted by Gasteiger charge is -2.38. The van der Waals surface area contributed by atoms with E-state index in [-0.39, 0.29) is 22.9 Å². The van der Waals surface area contributed by atoms with Gasteiger partial charge in [-0.15, -0.1) is 0 Å². The summed E-state index contributed by atoms with van der Waals surface area (Å²) in [4.78, 5) is 36.1. The van der Waals surface area contributed by atoms with Crippen LogP contribution in [0.1, 0.15) is 40.5 Å². The molecule has 2 aliphatic heterocycles. The number of hydrazine groups is 1. The molecule has 2 fully saturated rings. The van der Waals surface area contributed by atoms with Crippen molar-refractivity contribution in [1.82, 2.24) is 10.0 Å².